The predicted octanol–water partition coefficient (Wildman–Crippen LogP) is -2.05. The van der Waals surface area contributed by atoms with E-state index in [1.165, 1.54) is 13.8 Å². The summed E-state index contributed by atoms with van der Waals surface area (Å²) in [5.74, 6) is -0.943. The molecule has 7 atom stereocenters. The molecule has 1 aliphatic rings. The molecule has 49 heavy (non-hydrogen) atoms. The summed E-state index contributed by atoms with van der Waals surface area (Å²) in [7, 11) is -16.3. The van der Waals surface area contributed by atoms with Gasteiger partial charge in [-0.15, -0.1) is 0 Å². The zero-order valence-electron chi connectivity index (χ0n) is 26.2. The molecule has 1 radical (unpaired) electrons. The van der Waals surface area contributed by atoms with Crippen LogP contribution in [0.5, 0.6) is 0 Å². The number of phosphoric acid groups is 3. The minimum atomic E-state index is -5.54. The van der Waals surface area contributed by atoms with Crippen molar-refractivity contribution in [2.45, 2.75) is 50.9 Å². The number of fused-ring (bicyclic) bond motifs is 1. The molecule has 2 unspecified atom stereocenters. The number of hydrogen-bond donors (Lipinski definition) is 10. The van der Waals surface area contributed by atoms with E-state index in [1.54, 1.807) is 0 Å². The Bertz CT molecular complexity index is 1600. The number of rotatable bonds is 18. The zero-order valence-corrected chi connectivity index (χ0v) is 29.8. The van der Waals surface area contributed by atoms with Crippen LogP contribution in [0.4, 0.5) is 5.82 Å². The molecule has 0 bridgehead atoms. The van der Waals surface area contributed by atoms with Gasteiger partial charge in [-0.25, -0.2) is 28.6 Å². The number of nitrogens with two attached hydrogens (primary N) is 1. The van der Waals surface area contributed by atoms with Crippen molar-refractivity contribution in [3.05, 3.63) is 12.7 Å². The molecule has 28 heteroatoms. The van der Waals surface area contributed by atoms with Gasteiger partial charge in [0.05, 0.1) is 19.5 Å². The number of aromatic nitrogens is 4. The number of hydrogen-bond acceptors (Lipinski definition) is 17. The summed E-state index contributed by atoms with van der Waals surface area (Å²) < 4.78 is 61.7. The zero-order chi connectivity index (χ0) is 36.1. The van der Waals surface area contributed by atoms with Crippen molar-refractivity contribution in [2.24, 2.45) is 5.41 Å². The Hall–Kier alpha value is -1.51. The summed E-state index contributed by atoms with van der Waals surface area (Å²) in [6.45, 7) is 0.723. The Morgan fingerprint density at radius 3 is 2.39 bits per heavy atom. The van der Waals surface area contributed by atoms with E-state index in [4.69, 9.17) is 19.5 Å². The number of aliphatic hydroxyl groups is 2. The second-order valence-corrected chi connectivity index (χ2v) is 15.5. The summed E-state index contributed by atoms with van der Waals surface area (Å²) in [5.41, 5.74) is 4.30. The number of anilines is 1. The first-order valence-corrected chi connectivity index (χ1v) is 18.8. The molecule has 23 nitrogen and oxygen atoms in total. The Morgan fingerprint density at radius 2 is 1.76 bits per heavy atom. The molecular formula is C21H36LiN7O16P3S. The molecule has 0 saturated carbocycles. The number of nitrogen functional groups attached to an aromatic ring is 1. The van der Waals surface area contributed by atoms with Crippen molar-refractivity contribution in [2.75, 3.05) is 37.8 Å². The molecule has 2 aromatic rings. The summed E-state index contributed by atoms with van der Waals surface area (Å²) >= 11 is 3.95. The van der Waals surface area contributed by atoms with E-state index >= 15 is 0 Å². The Kier molecular flexibility index (Phi) is 15.9. The summed E-state index contributed by atoms with van der Waals surface area (Å²) in [4.78, 5) is 74.6. The van der Waals surface area contributed by atoms with Crippen molar-refractivity contribution < 1.29 is 75.7 Å². The number of carbonyl (C=O) groups excluding carboxylic acids is 2. The van der Waals surface area contributed by atoms with E-state index in [0.717, 1.165) is 17.2 Å². The average Bonchev–Trinajstić information content (AvgIpc) is 3.54. The third-order valence-electron chi connectivity index (χ3n) is 6.51. The number of amides is 2. The van der Waals surface area contributed by atoms with E-state index in [2.05, 4.69) is 47.0 Å². The summed E-state index contributed by atoms with van der Waals surface area (Å²) in [6, 6.07) is 0. The number of aliphatic hydroxyl groups excluding tert-OH is 2. The second kappa shape index (κ2) is 17.8. The van der Waals surface area contributed by atoms with Crippen LogP contribution in [0.1, 0.15) is 26.5 Å². The first-order chi connectivity index (χ1) is 22.2. The van der Waals surface area contributed by atoms with Gasteiger partial charge in [-0.1, -0.05) is 13.8 Å². The largest absolute Gasteiger partial charge is 0.481 e. The van der Waals surface area contributed by atoms with Crippen LogP contribution < -0.4 is 16.4 Å². The van der Waals surface area contributed by atoms with Crippen molar-refractivity contribution >= 4 is 83.8 Å². The number of carbonyl (C=O) groups is 2. The fraction of sp³-hybridized carbons (Fsp3) is 0.667. The van der Waals surface area contributed by atoms with Gasteiger partial charge in [0.1, 0.15) is 36.3 Å². The Labute approximate surface area is 295 Å². The predicted molar refractivity (Wildman–Crippen MR) is 169 cm³/mol. The van der Waals surface area contributed by atoms with Gasteiger partial charge in [-0.05, 0) is 0 Å². The van der Waals surface area contributed by atoms with Crippen LogP contribution in [0.2, 0.25) is 0 Å². The van der Waals surface area contributed by atoms with Crippen LogP contribution in [-0.4, -0.2) is 136 Å². The molecule has 0 aromatic carbocycles. The van der Waals surface area contributed by atoms with Crippen molar-refractivity contribution in [3.8, 4) is 0 Å². The maximum absolute atomic E-state index is 12.6. The molecule has 1 fully saturated rings. The number of thiol groups is 1. The number of phosphoric ester groups is 3. The molecule has 273 valence electrons. The maximum atomic E-state index is 12.6. The van der Waals surface area contributed by atoms with Gasteiger partial charge in [-0.2, -0.15) is 16.9 Å². The third kappa shape index (κ3) is 12.6. The number of nitrogens with one attached hydrogen (secondary N) is 2. The van der Waals surface area contributed by atoms with Crippen LogP contribution in [-0.2, 0) is 45.9 Å². The molecule has 1 aliphatic heterocycles. The molecule has 0 spiro atoms. The first kappa shape index (κ1) is 43.7. The van der Waals surface area contributed by atoms with Crippen LogP contribution in [0.3, 0.4) is 0 Å². The fourth-order valence-electron chi connectivity index (χ4n) is 4.14. The minimum absolute atomic E-state index is 0. The quantitative estimate of drug-likeness (QED) is 0.0337. The topological polar surface area (TPSA) is 347 Å². The van der Waals surface area contributed by atoms with Gasteiger partial charge in [0.15, 0.2) is 17.7 Å². The fourth-order valence-corrected chi connectivity index (χ4v) is 7.08. The number of ether oxygens (including phenoxy) is 1. The normalized spacial score (nSPS) is 22.9. The molecule has 3 heterocycles. The van der Waals surface area contributed by atoms with Crippen LogP contribution in [0, 0.1) is 5.41 Å². The third-order valence-corrected chi connectivity index (χ3v) is 9.83. The van der Waals surface area contributed by atoms with E-state index in [-0.39, 0.29) is 54.7 Å². The van der Waals surface area contributed by atoms with Crippen LogP contribution >= 0.6 is 36.1 Å². The van der Waals surface area contributed by atoms with Crippen LogP contribution in [0.25, 0.3) is 11.2 Å². The van der Waals surface area contributed by atoms with Crippen molar-refractivity contribution in [3.63, 3.8) is 0 Å². The first-order valence-electron chi connectivity index (χ1n) is 13.7. The second-order valence-electron chi connectivity index (χ2n) is 10.8. The van der Waals surface area contributed by atoms with Gasteiger partial charge in [0.2, 0.25) is 11.8 Å². The smallest absolute Gasteiger partial charge is 0.386 e. The summed E-state index contributed by atoms with van der Waals surface area (Å²) in [5, 5.41) is 26.1. The van der Waals surface area contributed by atoms with Crippen molar-refractivity contribution in [1.29, 1.82) is 0 Å². The number of imidazole rings is 1. The standard InChI is InChI=1S/C21H36N7O16P3S.Li/c1-21(2,16(31)19(32)24-4-3-12(29)23-5-6-48)8-41-47(38,39)44-46(36,37)40-7-11-15(43-45(33,34)35)14(30)20(42-11)28-10-27-13-17(22)25-9-26-18(13)28;/h9-11,14-16,20,30-31,48H,3-8H2,1-2H3,(H,23,29)(H,24,32)(H,36,37)(H,38,39)(H2,22,25,26)(H2,33,34,35);/t11-,14-,15-,16+,20-;/m1./s1/i14+1,20+1;. The monoisotopic (exact) mass is 776 g/mol. The average molecular weight is 776 g/mol. The molecule has 10 N–H and O–H groups in total. The van der Waals surface area contributed by atoms with Gasteiger partial charge >= 0.3 is 23.5 Å². The van der Waals surface area contributed by atoms with E-state index in [1.807, 2.05) is 0 Å². The molecule has 2 aromatic heterocycles. The number of nitrogens with zero attached hydrogens (tertiary/aromatic N) is 4. The molecule has 3 rings (SSSR count). The van der Waals surface area contributed by atoms with Gasteiger partial charge in [0, 0.05) is 49.5 Å². The van der Waals surface area contributed by atoms with Gasteiger partial charge in [0.25, 0.3) is 0 Å². The molecule has 2 amide bonds. The van der Waals surface area contributed by atoms with E-state index in [9.17, 15) is 53.1 Å². The molecule has 0 aliphatic carbocycles. The molecular weight excluding hydrogens is 740 g/mol. The molecule has 1 saturated heterocycles. The minimum Gasteiger partial charge on any atom is -0.386 e. The SMILES string of the molecule is CC(C)(COP(=O)(O)OP(=O)(O)OC[C@H]1O[13C@@H](n2cnc3c(N)ncnc32)[13C@H](O)[C@@H]1OP(=O)(O)O)[C@@H](O)C(=O)NCCC(=O)NCCS.[Li]. The maximum Gasteiger partial charge on any atom is 0.481 e. The Balaban J connectivity index is 0.00000833. The Morgan fingerprint density at radius 1 is 1.10 bits per heavy atom. The van der Waals surface area contributed by atoms with Crippen LogP contribution in [0.15, 0.2) is 12.7 Å². The van der Waals surface area contributed by atoms with E-state index < -0.39 is 78.6 Å². The summed E-state index contributed by atoms with van der Waals surface area (Å²) in [6.07, 6.45) is -6.74. The van der Waals surface area contributed by atoms with Crippen molar-refractivity contribution in [1.82, 2.24) is 30.2 Å². The van der Waals surface area contributed by atoms with Gasteiger partial charge in [-0.3, -0.25) is 27.7 Å². The van der Waals surface area contributed by atoms with E-state index in [0.29, 0.717) is 12.3 Å². The van der Waals surface area contributed by atoms with Gasteiger partial charge < -0.3 is 50.9 Å².